The molecule has 0 aliphatic carbocycles. The maximum Gasteiger partial charge on any atom is 0.431 e. The van der Waals surface area contributed by atoms with Gasteiger partial charge in [-0.25, -0.2) is 5.01 Å². The molecule has 0 aliphatic heterocycles. The fraction of sp³-hybridized carbons (Fsp3) is 0.120. The SMILES string of the molecule is Cn1ccc(-c2ccc(Cl)cc2)c(-c2ccncc2)/c1=N/N(C=O)Cc1ccc(C(F)(F)F)[nH]c1=O. The fourth-order valence-corrected chi connectivity index (χ4v) is 3.74. The Labute approximate surface area is 208 Å². The second kappa shape index (κ2) is 10.2. The quantitative estimate of drug-likeness (QED) is 0.302. The van der Waals surface area contributed by atoms with Crippen molar-refractivity contribution in [1.29, 1.82) is 0 Å². The van der Waals surface area contributed by atoms with Crippen molar-refractivity contribution in [3.8, 4) is 22.3 Å². The van der Waals surface area contributed by atoms with Gasteiger partial charge in [0.15, 0.2) is 5.49 Å². The first kappa shape index (κ1) is 24.9. The van der Waals surface area contributed by atoms with E-state index in [9.17, 15) is 22.8 Å². The Hall–Kier alpha value is -4.18. The van der Waals surface area contributed by atoms with Gasteiger partial charge in [-0.15, -0.1) is 0 Å². The van der Waals surface area contributed by atoms with Crippen molar-refractivity contribution < 1.29 is 18.0 Å². The fourth-order valence-electron chi connectivity index (χ4n) is 3.62. The van der Waals surface area contributed by atoms with Crippen molar-refractivity contribution in [2.45, 2.75) is 12.7 Å². The normalized spacial score (nSPS) is 12.0. The average molecular weight is 514 g/mol. The van der Waals surface area contributed by atoms with Gasteiger partial charge in [0.25, 0.3) is 5.56 Å². The lowest BCUT2D eigenvalue weighted by atomic mass is 9.96. The third kappa shape index (κ3) is 5.38. The Morgan fingerprint density at radius 2 is 1.75 bits per heavy atom. The van der Waals surface area contributed by atoms with Gasteiger partial charge >= 0.3 is 6.18 Å². The van der Waals surface area contributed by atoms with Gasteiger partial charge in [0.05, 0.1) is 6.54 Å². The number of hydrogen-bond acceptors (Lipinski definition) is 4. The van der Waals surface area contributed by atoms with Crippen LogP contribution in [0, 0.1) is 0 Å². The number of aryl methyl sites for hydroxylation is 1. The van der Waals surface area contributed by atoms with Crippen LogP contribution < -0.4 is 11.0 Å². The van der Waals surface area contributed by atoms with Crippen molar-refractivity contribution >= 4 is 18.0 Å². The number of carbonyl (C=O) groups is 1. The first-order chi connectivity index (χ1) is 17.2. The van der Waals surface area contributed by atoms with Gasteiger partial charge in [0, 0.05) is 41.8 Å². The molecule has 7 nitrogen and oxygen atoms in total. The highest BCUT2D eigenvalue weighted by molar-refractivity contribution is 6.30. The van der Waals surface area contributed by atoms with E-state index >= 15 is 0 Å². The number of H-pyrrole nitrogens is 1. The molecule has 0 unspecified atom stereocenters. The first-order valence-electron chi connectivity index (χ1n) is 10.6. The number of amides is 1. The summed E-state index contributed by atoms with van der Waals surface area (Å²) in [6, 6.07) is 14.5. The summed E-state index contributed by atoms with van der Waals surface area (Å²) in [5, 5.41) is 6.01. The zero-order valence-electron chi connectivity index (χ0n) is 18.8. The molecule has 3 heterocycles. The van der Waals surface area contributed by atoms with Crippen LogP contribution in [0.25, 0.3) is 22.3 Å². The number of pyridine rings is 3. The maximum absolute atomic E-state index is 12.9. The minimum absolute atomic E-state index is 0.0548. The molecule has 0 saturated carbocycles. The molecule has 1 aromatic carbocycles. The lowest BCUT2D eigenvalue weighted by Crippen LogP contribution is -2.29. The summed E-state index contributed by atoms with van der Waals surface area (Å²) in [5.74, 6) is 0. The smallest absolute Gasteiger partial charge is 0.334 e. The molecule has 4 aromatic rings. The van der Waals surface area contributed by atoms with Crippen LogP contribution in [0.1, 0.15) is 11.3 Å². The molecule has 0 fully saturated rings. The number of carbonyl (C=O) groups excluding carboxylic acids is 1. The van der Waals surface area contributed by atoms with Crippen molar-refractivity contribution in [2.24, 2.45) is 12.1 Å². The third-order valence-electron chi connectivity index (χ3n) is 5.39. The van der Waals surface area contributed by atoms with Crippen molar-refractivity contribution in [3.63, 3.8) is 0 Å². The Kier molecular flexibility index (Phi) is 7.07. The molecule has 4 rings (SSSR count). The van der Waals surface area contributed by atoms with Crippen molar-refractivity contribution in [1.82, 2.24) is 19.5 Å². The molecule has 1 N–H and O–H groups in total. The molecule has 0 aliphatic rings. The Balaban J connectivity index is 1.86. The maximum atomic E-state index is 12.9. The van der Waals surface area contributed by atoms with Crippen molar-refractivity contribution in [2.75, 3.05) is 0 Å². The third-order valence-corrected chi connectivity index (χ3v) is 5.64. The molecule has 0 radical (unpaired) electrons. The number of hydrogen-bond donors (Lipinski definition) is 1. The molecule has 3 aromatic heterocycles. The number of alkyl halides is 3. The molecule has 0 saturated heterocycles. The topological polar surface area (TPSA) is 83.3 Å². The van der Waals surface area contributed by atoms with Gasteiger partial charge in [0.1, 0.15) is 5.69 Å². The Bertz CT molecular complexity index is 1510. The molecule has 0 spiro atoms. The van der Waals surface area contributed by atoms with Gasteiger partial charge in [-0.3, -0.25) is 14.6 Å². The number of aromatic amines is 1. The number of nitrogens with one attached hydrogen (secondary N) is 1. The molecule has 0 atom stereocenters. The van der Waals surface area contributed by atoms with Gasteiger partial charge in [0.2, 0.25) is 6.41 Å². The predicted molar refractivity (Wildman–Crippen MR) is 128 cm³/mol. The van der Waals surface area contributed by atoms with E-state index in [1.54, 1.807) is 59.5 Å². The molecule has 184 valence electrons. The second-order valence-electron chi connectivity index (χ2n) is 7.81. The van der Waals surface area contributed by atoms with E-state index in [-0.39, 0.29) is 12.1 Å². The van der Waals surface area contributed by atoms with E-state index in [1.807, 2.05) is 18.2 Å². The van der Waals surface area contributed by atoms with Crippen LogP contribution >= 0.6 is 11.6 Å². The summed E-state index contributed by atoms with van der Waals surface area (Å²) in [6.45, 7) is -0.335. The molecule has 1 amide bonds. The van der Waals surface area contributed by atoms with E-state index < -0.39 is 17.4 Å². The zero-order valence-corrected chi connectivity index (χ0v) is 19.6. The highest BCUT2D eigenvalue weighted by atomic mass is 35.5. The predicted octanol–water partition coefficient (Wildman–Crippen LogP) is 4.59. The number of aromatic nitrogens is 3. The van der Waals surface area contributed by atoms with E-state index in [1.165, 1.54) is 0 Å². The monoisotopic (exact) mass is 513 g/mol. The van der Waals surface area contributed by atoms with Crippen LogP contribution in [0.5, 0.6) is 0 Å². The van der Waals surface area contributed by atoms with Crippen molar-refractivity contribution in [3.05, 3.63) is 105 Å². The van der Waals surface area contributed by atoms with Gasteiger partial charge in [-0.2, -0.15) is 18.3 Å². The number of nitrogens with zero attached hydrogens (tertiary/aromatic N) is 4. The zero-order chi connectivity index (χ0) is 25.9. The summed E-state index contributed by atoms with van der Waals surface area (Å²) in [5.41, 5.74) is 1.28. The van der Waals surface area contributed by atoms with Gasteiger partial charge in [-0.1, -0.05) is 23.7 Å². The molecule has 0 bridgehead atoms. The minimum Gasteiger partial charge on any atom is -0.334 e. The highest BCUT2D eigenvalue weighted by Crippen LogP contribution is 2.30. The molecule has 36 heavy (non-hydrogen) atoms. The van der Waals surface area contributed by atoms with Crippen LogP contribution in [0.15, 0.2) is 83.1 Å². The van der Waals surface area contributed by atoms with Crippen LogP contribution in [0.3, 0.4) is 0 Å². The number of halogens is 4. The van der Waals surface area contributed by atoms with Crippen LogP contribution in [-0.2, 0) is 24.6 Å². The molecule has 11 heteroatoms. The number of rotatable bonds is 6. The Morgan fingerprint density at radius 1 is 1.06 bits per heavy atom. The summed E-state index contributed by atoms with van der Waals surface area (Å²) in [6.07, 6.45) is 0.722. The van der Waals surface area contributed by atoms with Gasteiger partial charge in [-0.05, 0) is 59.2 Å². The lowest BCUT2D eigenvalue weighted by Gasteiger charge is -2.17. The average Bonchev–Trinajstić information content (AvgIpc) is 2.86. The van der Waals surface area contributed by atoms with Gasteiger partial charge < -0.3 is 9.55 Å². The minimum atomic E-state index is -4.69. The molecular formula is C25H19ClF3N5O2. The summed E-state index contributed by atoms with van der Waals surface area (Å²) in [4.78, 5) is 30.0. The molecular weight excluding hydrogens is 495 g/mol. The van der Waals surface area contributed by atoms with E-state index in [0.29, 0.717) is 22.5 Å². The summed E-state index contributed by atoms with van der Waals surface area (Å²) in [7, 11) is 1.74. The van der Waals surface area contributed by atoms with Crippen LogP contribution in [-0.4, -0.2) is 26.0 Å². The van der Waals surface area contributed by atoms with Crippen LogP contribution in [0.2, 0.25) is 5.02 Å². The highest BCUT2D eigenvalue weighted by Gasteiger charge is 2.32. The second-order valence-corrected chi connectivity index (χ2v) is 8.25. The summed E-state index contributed by atoms with van der Waals surface area (Å²) >= 11 is 6.06. The Morgan fingerprint density at radius 3 is 2.36 bits per heavy atom. The standard InChI is InChI=1S/C25H19ClF3N5O2/c1-33-13-10-20(16-2-5-19(26)6-3-16)22(17-8-11-30-12-9-17)23(33)32-34(15-35)14-18-4-7-21(25(27,28)29)31-24(18)36/h2-13,15H,14H2,1H3,(H,31,36)/b32-23-. The lowest BCUT2D eigenvalue weighted by molar-refractivity contribution is -0.141. The van der Waals surface area contributed by atoms with E-state index in [0.717, 1.165) is 33.8 Å². The van der Waals surface area contributed by atoms with Crippen LogP contribution in [0.4, 0.5) is 13.2 Å². The first-order valence-corrected chi connectivity index (χ1v) is 11.0. The van der Waals surface area contributed by atoms with E-state index in [4.69, 9.17) is 11.6 Å². The van der Waals surface area contributed by atoms with E-state index in [2.05, 4.69) is 10.1 Å². The summed E-state index contributed by atoms with van der Waals surface area (Å²) < 4.78 is 40.4. The number of benzene rings is 1. The largest absolute Gasteiger partial charge is 0.431 e.